The van der Waals surface area contributed by atoms with Gasteiger partial charge in [0, 0.05) is 24.7 Å². The molecule has 0 aromatic heterocycles. The molecule has 0 saturated heterocycles. The lowest BCUT2D eigenvalue weighted by Gasteiger charge is -2.43. The molecule has 3 aliphatic rings. The molecule has 2 amide bonds. The monoisotopic (exact) mass is 432 g/mol. The van der Waals surface area contributed by atoms with E-state index >= 15 is 0 Å². The van der Waals surface area contributed by atoms with Gasteiger partial charge >= 0.3 is 6.09 Å². The van der Waals surface area contributed by atoms with Crippen molar-refractivity contribution in [2.24, 2.45) is 5.10 Å². The number of hydrogen-bond donors (Lipinski definition) is 1. The van der Waals surface area contributed by atoms with Crippen molar-refractivity contribution in [3.05, 3.63) is 71.9 Å². The van der Waals surface area contributed by atoms with E-state index in [1.165, 1.54) is 9.91 Å². The van der Waals surface area contributed by atoms with Crippen LogP contribution in [0.15, 0.2) is 71.5 Å². The van der Waals surface area contributed by atoms with Crippen LogP contribution in [0.25, 0.3) is 0 Å². The first-order valence-corrected chi connectivity index (χ1v) is 10.7. The summed E-state index contributed by atoms with van der Waals surface area (Å²) in [4.78, 5) is 28.5. The van der Waals surface area contributed by atoms with Gasteiger partial charge < -0.3 is 19.6 Å². The molecule has 3 heterocycles. The first kappa shape index (κ1) is 20.1. The second-order valence-electron chi connectivity index (χ2n) is 8.15. The molecule has 5 rings (SSSR count). The van der Waals surface area contributed by atoms with Crippen molar-refractivity contribution in [3.8, 4) is 5.75 Å². The fourth-order valence-corrected chi connectivity index (χ4v) is 4.56. The van der Waals surface area contributed by atoms with E-state index in [0.29, 0.717) is 18.7 Å². The molecule has 0 saturated carbocycles. The van der Waals surface area contributed by atoms with Crippen LogP contribution >= 0.6 is 0 Å². The average Bonchev–Trinajstić information content (AvgIpc) is 2.81. The molecule has 8 heteroatoms. The first-order chi connectivity index (χ1) is 15.5. The molecule has 0 fully saturated rings. The molecule has 2 unspecified atom stereocenters. The lowest BCUT2D eigenvalue weighted by molar-refractivity contribution is -0.131. The third-order valence-electron chi connectivity index (χ3n) is 6.17. The minimum absolute atomic E-state index is 0.140. The summed E-state index contributed by atoms with van der Waals surface area (Å²) < 4.78 is 5.84. The molecular formula is C24H24N4O4. The van der Waals surface area contributed by atoms with Crippen LogP contribution in [-0.4, -0.2) is 58.1 Å². The molecule has 2 atom stereocenters. The number of carboxylic acid groups (broad SMARTS) is 1. The van der Waals surface area contributed by atoms with Gasteiger partial charge in [0.25, 0.3) is 5.91 Å². The van der Waals surface area contributed by atoms with Crippen LogP contribution in [0.4, 0.5) is 10.5 Å². The van der Waals surface area contributed by atoms with Gasteiger partial charge in [-0.15, -0.1) is 5.10 Å². The van der Waals surface area contributed by atoms with Crippen molar-refractivity contribution in [1.82, 2.24) is 9.91 Å². The number of amides is 2. The topological polar surface area (TPSA) is 85.7 Å². The van der Waals surface area contributed by atoms with Gasteiger partial charge in [-0.3, -0.25) is 4.79 Å². The van der Waals surface area contributed by atoms with Crippen molar-refractivity contribution in [1.29, 1.82) is 0 Å². The van der Waals surface area contributed by atoms with E-state index in [-0.39, 0.29) is 25.1 Å². The van der Waals surface area contributed by atoms with Crippen molar-refractivity contribution < 1.29 is 19.4 Å². The molecule has 2 aromatic rings. The normalized spacial score (nSPS) is 22.4. The lowest BCUT2D eigenvalue weighted by Crippen LogP contribution is -2.57. The Kier molecular flexibility index (Phi) is 5.05. The number of nitrogens with zero attached hydrogens (tertiary/aromatic N) is 4. The molecule has 164 valence electrons. The van der Waals surface area contributed by atoms with Crippen LogP contribution in [0.2, 0.25) is 0 Å². The zero-order valence-corrected chi connectivity index (χ0v) is 17.7. The molecule has 0 spiro atoms. The maximum absolute atomic E-state index is 13.3. The second kappa shape index (κ2) is 8.03. The number of carbonyl (C=O) groups excluding carboxylic acids is 1. The van der Waals surface area contributed by atoms with Gasteiger partial charge in [-0.2, -0.15) is 0 Å². The summed E-state index contributed by atoms with van der Waals surface area (Å²) in [6.45, 7) is 2.35. The number of amidine groups is 1. The van der Waals surface area contributed by atoms with Gasteiger partial charge in [0.2, 0.25) is 0 Å². The zero-order chi connectivity index (χ0) is 22.2. The smallest absolute Gasteiger partial charge is 0.407 e. The number of ether oxygens (including phenoxy) is 1. The van der Waals surface area contributed by atoms with Gasteiger partial charge in [0.05, 0.1) is 5.69 Å². The van der Waals surface area contributed by atoms with Crippen molar-refractivity contribution >= 4 is 23.5 Å². The Morgan fingerprint density at radius 2 is 1.91 bits per heavy atom. The lowest BCUT2D eigenvalue weighted by atomic mass is 9.97. The van der Waals surface area contributed by atoms with E-state index in [9.17, 15) is 14.7 Å². The molecular weight excluding hydrogens is 408 g/mol. The Labute approximate surface area is 186 Å². The standard InChI is InChI=1S/C24H24N4O4/c1-16-23(29)28(25-22-15-32-21-10-6-5-9-20(21)27(16)22)18-11-12-26(24(30)31)19(14-18)13-17-7-3-2-4-8-17/h2-11,16,19H,12-15H2,1H3,(H,30,31). The fourth-order valence-electron chi connectivity index (χ4n) is 4.56. The number of hydrogen-bond acceptors (Lipinski definition) is 5. The minimum atomic E-state index is -0.964. The Morgan fingerprint density at radius 3 is 2.69 bits per heavy atom. The molecule has 0 aliphatic carbocycles. The largest absolute Gasteiger partial charge is 0.483 e. The van der Waals surface area contributed by atoms with Gasteiger partial charge in [0.1, 0.15) is 18.4 Å². The van der Waals surface area contributed by atoms with E-state index in [2.05, 4.69) is 5.10 Å². The molecule has 32 heavy (non-hydrogen) atoms. The number of rotatable bonds is 3. The predicted octanol–water partition coefficient (Wildman–Crippen LogP) is 3.31. The summed E-state index contributed by atoms with van der Waals surface area (Å²) in [5.74, 6) is 1.26. The van der Waals surface area contributed by atoms with Gasteiger partial charge in [-0.1, -0.05) is 42.5 Å². The molecule has 1 N–H and O–H groups in total. The summed E-state index contributed by atoms with van der Waals surface area (Å²) in [6.07, 6.45) is 1.81. The minimum Gasteiger partial charge on any atom is -0.483 e. The van der Waals surface area contributed by atoms with Crippen molar-refractivity contribution in [3.63, 3.8) is 0 Å². The highest BCUT2D eigenvalue weighted by Crippen LogP contribution is 2.36. The maximum atomic E-state index is 13.3. The Bertz CT molecular complexity index is 1110. The number of hydrazone groups is 1. The third-order valence-corrected chi connectivity index (χ3v) is 6.17. The summed E-state index contributed by atoms with van der Waals surface area (Å²) in [6, 6.07) is 16.7. The zero-order valence-electron chi connectivity index (χ0n) is 17.7. The van der Waals surface area contributed by atoms with Crippen LogP contribution in [0.5, 0.6) is 5.75 Å². The predicted molar refractivity (Wildman–Crippen MR) is 120 cm³/mol. The molecule has 3 aliphatic heterocycles. The van der Waals surface area contributed by atoms with Crippen molar-refractivity contribution in [2.45, 2.75) is 31.8 Å². The Balaban J connectivity index is 1.44. The molecule has 2 aromatic carbocycles. The van der Waals surface area contributed by atoms with Gasteiger partial charge in [0.15, 0.2) is 5.84 Å². The Hall–Kier alpha value is -3.81. The van der Waals surface area contributed by atoms with Crippen LogP contribution in [0.1, 0.15) is 18.9 Å². The SMILES string of the molecule is CC1C(=O)N(C2=CCN(C(=O)O)C(Cc3ccccc3)C2)N=C2COc3ccccc3N21. The van der Waals surface area contributed by atoms with E-state index in [0.717, 1.165) is 22.7 Å². The summed E-state index contributed by atoms with van der Waals surface area (Å²) >= 11 is 0. The van der Waals surface area contributed by atoms with E-state index < -0.39 is 12.1 Å². The summed E-state index contributed by atoms with van der Waals surface area (Å²) in [7, 11) is 0. The quantitative estimate of drug-likeness (QED) is 0.804. The third kappa shape index (κ3) is 3.47. The van der Waals surface area contributed by atoms with Crippen LogP contribution in [0.3, 0.4) is 0 Å². The number of para-hydroxylation sites is 2. The van der Waals surface area contributed by atoms with Gasteiger partial charge in [-0.25, -0.2) is 9.80 Å². The van der Waals surface area contributed by atoms with E-state index in [1.807, 2.05) is 66.4 Å². The molecule has 0 radical (unpaired) electrons. The van der Waals surface area contributed by atoms with Gasteiger partial charge in [-0.05, 0) is 37.1 Å². The number of benzene rings is 2. The molecule has 0 bridgehead atoms. The number of fused-ring (bicyclic) bond motifs is 3. The second-order valence-corrected chi connectivity index (χ2v) is 8.15. The average molecular weight is 432 g/mol. The highest BCUT2D eigenvalue weighted by atomic mass is 16.5. The number of anilines is 1. The van der Waals surface area contributed by atoms with Crippen LogP contribution < -0.4 is 9.64 Å². The van der Waals surface area contributed by atoms with E-state index in [4.69, 9.17) is 4.74 Å². The fraction of sp³-hybridized carbons (Fsp3) is 0.292. The summed E-state index contributed by atoms with van der Waals surface area (Å²) in [5.41, 5.74) is 2.61. The summed E-state index contributed by atoms with van der Waals surface area (Å²) in [5, 5.41) is 15.8. The van der Waals surface area contributed by atoms with E-state index in [1.54, 1.807) is 6.08 Å². The molecule has 8 nitrogen and oxygen atoms in total. The first-order valence-electron chi connectivity index (χ1n) is 10.7. The number of carbonyl (C=O) groups is 2. The highest BCUT2D eigenvalue weighted by Gasteiger charge is 2.41. The van der Waals surface area contributed by atoms with Crippen LogP contribution in [0, 0.1) is 0 Å². The highest BCUT2D eigenvalue weighted by molar-refractivity contribution is 6.09. The van der Waals surface area contributed by atoms with Crippen molar-refractivity contribution in [2.75, 3.05) is 18.1 Å². The Morgan fingerprint density at radius 1 is 1.16 bits per heavy atom. The maximum Gasteiger partial charge on any atom is 0.407 e. The van der Waals surface area contributed by atoms with Crippen LogP contribution in [-0.2, 0) is 11.2 Å².